The topological polar surface area (TPSA) is 81.2 Å². The summed E-state index contributed by atoms with van der Waals surface area (Å²) in [4.78, 5) is 12.6. The van der Waals surface area contributed by atoms with Crippen LogP contribution in [0.3, 0.4) is 0 Å². The molecule has 0 aliphatic carbocycles. The number of nitrogens with zero attached hydrogens (tertiary/aromatic N) is 1. The second kappa shape index (κ2) is 6.07. The number of nitrogens with two attached hydrogens (primary N) is 1. The molecule has 3 aromatic rings. The van der Waals surface area contributed by atoms with Crippen LogP contribution in [-0.4, -0.2) is 11.1 Å². The van der Waals surface area contributed by atoms with Crippen LogP contribution in [-0.2, 0) is 10.3 Å². The normalized spacial score (nSPS) is 18.2. The first-order chi connectivity index (χ1) is 11.9. The number of hydrogen-bond donors (Lipinski definition) is 2. The number of aromatic nitrogens is 1. The van der Waals surface area contributed by atoms with Crippen LogP contribution in [0, 0.1) is 19.7 Å². The van der Waals surface area contributed by atoms with Crippen molar-refractivity contribution < 1.29 is 13.7 Å². The minimum atomic E-state index is -1.38. The third kappa shape index (κ3) is 2.42. The minimum Gasteiger partial charge on any atom is -0.361 e. The van der Waals surface area contributed by atoms with E-state index in [1.54, 1.807) is 0 Å². The zero-order valence-corrected chi connectivity index (χ0v) is 13.8. The molecule has 1 amide bonds. The molecule has 1 atom stereocenters. The molecule has 134 valence electrons. The Morgan fingerprint density at radius 1 is 1.15 bits per heavy atom. The highest BCUT2D eigenvalue weighted by molar-refractivity contribution is 6.08. The fourth-order valence-electron chi connectivity index (χ4n) is 3.37. The van der Waals surface area contributed by atoms with Gasteiger partial charge in [0.05, 0.1) is 5.69 Å². The molecule has 0 bridgehead atoms. The molecule has 0 spiro atoms. The molecule has 4 rings (SSSR count). The van der Waals surface area contributed by atoms with E-state index in [1.165, 1.54) is 24.3 Å². The summed E-state index contributed by atoms with van der Waals surface area (Å²) in [6.07, 6.45) is 0. The van der Waals surface area contributed by atoms with E-state index in [-0.39, 0.29) is 19.2 Å². The molecule has 3 N–H and O–H groups in total. The summed E-state index contributed by atoms with van der Waals surface area (Å²) in [6.45, 7) is 3.69. The van der Waals surface area contributed by atoms with Gasteiger partial charge in [-0.25, -0.2) is 4.39 Å². The van der Waals surface area contributed by atoms with Gasteiger partial charge in [-0.15, -0.1) is 0 Å². The van der Waals surface area contributed by atoms with E-state index < -0.39 is 5.54 Å². The Morgan fingerprint density at radius 3 is 2.46 bits per heavy atom. The number of carbonyl (C=O) groups excluding carboxylic acids is 1. The summed E-state index contributed by atoms with van der Waals surface area (Å²) in [5, 5.41) is 6.78. The van der Waals surface area contributed by atoms with Crippen molar-refractivity contribution in [3.05, 3.63) is 70.9 Å². The Labute approximate surface area is 151 Å². The number of rotatable bonds is 2. The average molecular weight is 353 g/mol. The van der Waals surface area contributed by atoms with Gasteiger partial charge in [-0.3, -0.25) is 4.79 Å². The van der Waals surface area contributed by atoms with Crippen LogP contribution in [0.5, 0.6) is 0 Å². The number of nitrogens with one attached hydrogen (secondary N) is 1. The lowest BCUT2D eigenvalue weighted by Crippen LogP contribution is -2.44. The second-order valence-corrected chi connectivity index (χ2v) is 6.23. The highest BCUT2D eigenvalue weighted by atomic mass is 19.1. The van der Waals surface area contributed by atoms with Gasteiger partial charge in [-0.2, -0.15) is 0 Å². The van der Waals surface area contributed by atoms with Crippen molar-refractivity contribution in [2.24, 2.45) is 5.73 Å². The van der Waals surface area contributed by atoms with Gasteiger partial charge < -0.3 is 15.6 Å². The number of halogens is 1. The van der Waals surface area contributed by atoms with E-state index >= 15 is 0 Å². The maximum Gasteiger partial charge on any atom is 0.253 e. The smallest absolute Gasteiger partial charge is 0.253 e. The molecular formula is C20H20FN3O2. The molecule has 1 aromatic heterocycles. The first-order valence-corrected chi connectivity index (χ1v) is 7.85. The van der Waals surface area contributed by atoms with Gasteiger partial charge in [0.15, 0.2) is 0 Å². The van der Waals surface area contributed by atoms with Crippen molar-refractivity contribution in [2.75, 3.05) is 5.32 Å². The Kier molecular flexibility index (Phi) is 4.16. The summed E-state index contributed by atoms with van der Waals surface area (Å²) >= 11 is 0. The molecule has 5 nitrogen and oxygen atoms in total. The van der Waals surface area contributed by atoms with Crippen LogP contribution in [0.15, 0.2) is 47.0 Å². The van der Waals surface area contributed by atoms with Crippen molar-refractivity contribution >= 4 is 11.6 Å². The molecule has 6 heteroatoms. The van der Waals surface area contributed by atoms with Crippen LogP contribution in [0.25, 0.3) is 11.1 Å². The van der Waals surface area contributed by atoms with Crippen molar-refractivity contribution in [2.45, 2.75) is 26.8 Å². The van der Waals surface area contributed by atoms with Gasteiger partial charge in [0.1, 0.15) is 17.1 Å². The van der Waals surface area contributed by atoms with Gasteiger partial charge in [-0.1, -0.05) is 30.8 Å². The van der Waals surface area contributed by atoms with E-state index in [4.69, 9.17) is 10.3 Å². The number of benzene rings is 2. The first-order valence-electron chi connectivity index (χ1n) is 7.85. The number of carbonyl (C=O) groups is 1. The molecule has 0 radical (unpaired) electrons. The highest BCUT2D eigenvalue weighted by Crippen LogP contribution is 2.41. The van der Waals surface area contributed by atoms with Crippen LogP contribution in [0.4, 0.5) is 10.1 Å². The lowest BCUT2D eigenvalue weighted by molar-refractivity contribution is -0.119. The third-order valence-electron chi connectivity index (χ3n) is 4.67. The van der Waals surface area contributed by atoms with E-state index in [1.807, 2.05) is 32.0 Å². The summed E-state index contributed by atoms with van der Waals surface area (Å²) in [7, 11) is 0. The van der Waals surface area contributed by atoms with Crippen molar-refractivity contribution in [3.8, 4) is 11.1 Å². The zero-order valence-electron chi connectivity index (χ0n) is 13.8. The third-order valence-corrected chi connectivity index (χ3v) is 4.67. The number of hydrogen-bond acceptors (Lipinski definition) is 4. The lowest BCUT2D eigenvalue weighted by Gasteiger charge is -2.23. The van der Waals surface area contributed by atoms with Crippen molar-refractivity contribution in [3.63, 3.8) is 0 Å². The fraction of sp³-hybridized carbons (Fsp3) is 0.200. The number of aryl methyl sites for hydroxylation is 2. The van der Waals surface area contributed by atoms with Crippen LogP contribution < -0.4 is 11.1 Å². The second-order valence-electron chi connectivity index (χ2n) is 6.23. The summed E-state index contributed by atoms with van der Waals surface area (Å²) in [5.74, 6) is -0.0281. The molecule has 2 heterocycles. The summed E-state index contributed by atoms with van der Waals surface area (Å²) < 4.78 is 18.5. The molecule has 2 aromatic carbocycles. The van der Waals surface area contributed by atoms with Crippen molar-refractivity contribution in [1.29, 1.82) is 0 Å². The molecular weight excluding hydrogens is 333 g/mol. The van der Waals surface area contributed by atoms with Gasteiger partial charge in [0, 0.05) is 16.8 Å². The minimum absolute atomic E-state index is 0. The fourth-order valence-corrected chi connectivity index (χ4v) is 3.37. The molecule has 1 unspecified atom stereocenters. The number of fused-ring (bicyclic) bond motifs is 1. The van der Waals surface area contributed by atoms with E-state index in [0.717, 1.165) is 16.8 Å². The highest BCUT2D eigenvalue weighted by Gasteiger charge is 2.45. The van der Waals surface area contributed by atoms with Gasteiger partial charge in [0.2, 0.25) is 0 Å². The summed E-state index contributed by atoms with van der Waals surface area (Å²) in [5.41, 5.74) is 9.45. The largest absolute Gasteiger partial charge is 0.361 e. The standard InChI is InChI=1S/C19H16FN3O2.CH4/c1-10-17(11(2)25-23-10)12-3-8-16-15(9-12)19(21,18(24)22-16)13-4-6-14(20)7-5-13;/h3-9H,21H2,1-2H3,(H,22,24);1H4. The molecule has 0 saturated heterocycles. The Hall–Kier alpha value is -2.99. The Bertz CT molecular complexity index is 975. The predicted molar refractivity (Wildman–Crippen MR) is 98.1 cm³/mol. The van der Waals surface area contributed by atoms with Gasteiger partial charge in [0.25, 0.3) is 5.91 Å². The quantitative estimate of drug-likeness (QED) is 0.732. The van der Waals surface area contributed by atoms with E-state index in [2.05, 4.69) is 10.5 Å². The van der Waals surface area contributed by atoms with Gasteiger partial charge >= 0.3 is 0 Å². The van der Waals surface area contributed by atoms with Crippen LogP contribution in [0.2, 0.25) is 0 Å². The van der Waals surface area contributed by atoms with E-state index in [9.17, 15) is 9.18 Å². The molecule has 1 aliphatic heterocycles. The molecule has 1 aliphatic rings. The average Bonchev–Trinajstić information content (AvgIpc) is 3.06. The van der Waals surface area contributed by atoms with Gasteiger partial charge in [-0.05, 0) is 49.2 Å². The molecule has 26 heavy (non-hydrogen) atoms. The van der Waals surface area contributed by atoms with Crippen molar-refractivity contribution in [1.82, 2.24) is 5.16 Å². The summed E-state index contributed by atoms with van der Waals surface area (Å²) in [6, 6.07) is 11.2. The number of amides is 1. The molecule has 0 fully saturated rings. The zero-order chi connectivity index (χ0) is 17.8. The monoisotopic (exact) mass is 353 g/mol. The SMILES string of the molecule is C.Cc1noc(C)c1-c1ccc2c(c1)C(N)(c1ccc(F)cc1)C(=O)N2. The first kappa shape index (κ1) is 17.8. The maximum absolute atomic E-state index is 13.3. The number of anilines is 1. The van der Waals surface area contributed by atoms with Crippen LogP contribution >= 0.6 is 0 Å². The Balaban J connectivity index is 0.00000196. The van der Waals surface area contributed by atoms with E-state index in [0.29, 0.717) is 22.6 Å². The predicted octanol–water partition coefficient (Wildman–Crippen LogP) is 3.89. The Morgan fingerprint density at radius 2 is 1.85 bits per heavy atom. The molecule has 0 saturated carbocycles. The maximum atomic E-state index is 13.3. The van der Waals surface area contributed by atoms with Crippen LogP contribution in [0.1, 0.15) is 30.0 Å². The lowest BCUT2D eigenvalue weighted by atomic mass is 9.83.